The highest BCUT2D eigenvalue weighted by Crippen LogP contribution is 2.30. The van der Waals surface area contributed by atoms with Crippen LogP contribution in [0, 0.1) is 0 Å². The third-order valence-corrected chi connectivity index (χ3v) is 7.09. The number of carbonyl (C=O) groups is 3. The van der Waals surface area contributed by atoms with Crippen LogP contribution >= 0.6 is 0 Å². The van der Waals surface area contributed by atoms with Crippen LogP contribution in [0.15, 0.2) is 84.9 Å². The lowest BCUT2D eigenvalue weighted by Crippen LogP contribution is -2.51. The van der Waals surface area contributed by atoms with Gasteiger partial charge in [-0.1, -0.05) is 78.9 Å². The van der Waals surface area contributed by atoms with Gasteiger partial charge in [0.05, 0.1) is 7.11 Å². The predicted molar refractivity (Wildman–Crippen MR) is 145 cm³/mol. The molecule has 0 aliphatic carbocycles. The van der Waals surface area contributed by atoms with Crippen molar-refractivity contribution in [2.45, 2.75) is 38.0 Å². The van der Waals surface area contributed by atoms with Crippen molar-refractivity contribution in [1.29, 1.82) is 0 Å². The van der Waals surface area contributed by atoms with E-state index < -0.39 is 24.1 Å². The smallest absolute Gasteiger partial charge is 0.410 e. The second-order valence-electron chi connectivity index (χ2n) is 9.48. The van der Waals surface area contributed by atoms with E-state index in [1.165, 1.54) is 12.0 Å². The lowest BCUT2D eigenvalue weighted by atomic mass is 9.92. The highest BCUT2D eigenvalue weighted by molar-refractivity contribution is 6.03. The zero-order valence-corrected chi connectivity index (χ0v) is 21.3. The zero-order chi connectivity index (χ0) is 26.5. The molecule has 0 spiro atoms. The van der Waals surface area contributed by atoms with Crippen molar-refractivity contribution in [2.24, 2.45) is 0 Å². The third-order valence-electron chi connectivity index (χ3n) is 7.09. The van der Waals surface area contributed by atoms with Crippen LogP contribution in [0.1, 0.15) is 24.0 Å². The van der Waals surface area contributed by atoms with Gasteiger partial charge in [0.2, 0.25) is 5.91 Å². The summed E-state index contributed by atoms with van der Waals surface area (Å²) in [5, 5.41) is 7.02. The first-order chi connectivity index (χ1) is 18.5. The Morgan fingerprint density at radius 2 is 1.55 bits per heavy atom. The monoisotopic (exact) mass is 510 g/mol. The molecular weight excluding hydrogens is 480 g/mol. The summed E-state index contributed by atoms with van der Waals surface area (Å²) in [6.07, 6.45) is 0.888. The second kappa shape index (κ2) is 11.3. The molecule has 0 bridgehead atoms. The lowest BCUT2D eigenvalue weighted by molar-refractivity contribution is -0.145. The number of esters is 1. The van der Waals surface area contributed by atoms with Gasteiger partial charge in [0.25, 0.3) is 0 Å². The first-order valence-corrected chi connectivity index (χ1v) is 12.8. The van der Waals surface area contributed by atoms with Gasteiger partial charge in [-0.2, -0.15) is 0 Å². The Bertz CT molecular complexity index is 1420. The van der Waals surface area contributed by atoms with E-state index in [9.17, 15) is 14.4 Å². The highest BCUT2D eigenvalue weighted by Gasteiger charge is 2.37. The average Bonchev–Trinajstić information content (AvgIpc) is 3.46. The van der Waals surface area contributed by atoms with Gasteiger partial charge in [-0.05, 0) is 51.6 Å². The van der Waals surface area contributed by atoms with E-state index in [0.717, 1.165) is 32.7 Å². The fourth-order valence-corrected chi connectivity index (χ4v) is 5.20. The summed E-state index contributed by atoms with van der Waals surface area (Å²) < 4.78 is 10.5. The van der Waals surface area contributed by atoms with E-state index in [2.05, 4.69) is 11.4 Å². The van der Waals surface area contributed by atoms with E-state index in [-0.39, 0.29) is 18.9 Å². The number of carbonyl (C=O) groups excluding carboxylic acids is 3. The summed E-state index contributed by atoms with van der Waals surface area (Å²) in [4.78, 5) is 40.6. The fourth-order valence-electron chi connectivity index (χ4n) is 5.20. The van der Waals surface area contributed by atoms with E-state index >= 15 is 0 Å². The molecule has 194 valence electrons. The molecule has 2 atom stereocenters. The molecule has 38 heavy (non-hydrogen) atoms. The fraction of sp³-hybridized carbons (Fsp3) is 0.258. The zero-order valence-electron chi connectivity index (χ0n) is 21.3. The summed E-state index contributed by atoms with van der Waals surface area (Å²) in [6, 6.07) is 25.9. The molecule has 1 fully saturated rings. The van der Waals surface area contributed by atoms with Gasteiger partial charge < -0.3 is 14.8 Å². The number of amides is 2. The first-order valence-electron chi connectivity index (χ1n) is 12.8. The maximum Gasteiger partial charge on any atom is 0.410 e. The van der Waals surface area contributed by atoms with E-state index in [1.54, 1.807) is 0 Å². The summed E-state index contributed by atoms with van der Waals surface area (Å²) in [5.41, 5.74) is 1.83. The summed E-state index contributed by atoms with van der Waals surface area (Å²) in [7, 11) is 1.31. The molecule has 0 saturated carbocycles. The highest BCUT2D eigenvalue weighted by atomic mass is 16.6. The number of likely N-dealkylation sites (tertiary alicyclic amines) is 1. The van der Waals surface area contributed by atoms with Gasteiger partial charge in [-0.3, -0.25) is 9.69 Å². The molecule has 1 aliphatic heterocycles. The number of nitrogens with zero attached hydrogens (tertiary/aromatic N) is 1. The maximum absolute atomic E-state index is 13.4. The van der Waals surface area contributed by atoms with Crippen LogP contribution in [-0.2, 0) is 32.1 Å². The van der Waals surface area contributed by atoms with Gasteiger partial charge in [-0.15, -0.1) is 0 Å². The van der Waals surface area contributed by atoms with Gasteiger partial charge in [0.1, 0.15) is 18.7 Å². The Balaban J connectivity index is 1.36. The molecule has 1 saturated heterocycles. The molecule has 1 N–H and O–H groups in total. The van der Waals surface area contributed by atoms with Crippen molar-refractivity contribution in [3.8, 4) is 0 Å². The van der Waals surface area contributed by atoms with Crippen molar-refractivity contribution in [2.75, 3.05) is 13.7 Å². The van der Waals surface area contributed by atoms with Gasteiger partial charge in [0.15, 0.2) is 0 Å². The van der Waals surface area contributed by atoms with E-state index in [4.69, 9.17) is 9.47 Å². The minimum atomic E-state index is -0.912. The molecule has 5 rings (SSSR count). The Hall–Kier alpha value is -4.39. The van der Waals surface area contributed by atoms with Crippen LogP contribution in [0.4, 0.5) is 4.79 Å². The van der Waals surface area contributed by atoms with Crippen molar-refractivity contribution < 1.29 is 23.9 Å². The molecule has 7 nitrogen and oxygen atoms in total. The van der Waals surface area contributed by atoms with Crippen LogP contribution in [0.2, 0.25) is 0 Å². The first kappa shape index (κ1) is 25.3. The number of hydrogen-bond donors (Lipinski definition) is 1. The Morgan fingerprint density at radius 1 is 0.921 bits per heavy atom. The topological polar surface area (TPSA) is 84.9 Å². The van der Waals surface area contributed by atoms with Gasteiger partial charge >= 0.3 is 12.1 Å². The quantitative estimate of drug-likeness (QED) is 0.280. The molecule has 4 aromatic rings. The number of benzene rings is 4. The minimum absolute atomic E-state index is 0.128. The molecule has 1 aliphatic rings. The third kappa shape index (κ3) is 5.32. The molecule has 7 heteroatoms. The maximum atomic E-state index is 13.4. The van der Waals surface area contributed by atoms with Crippen molar-refractivity contribution in [3.63, 3.8) is 0 Å². The molecule has 1 heterocycles. The SMILES string of the molecule is COC(=O)[C@H](Cc1c2ccccc2cc2ccccc12)NC(=O)[C@H]1CCCN1C(=O)OCc1ccccc1. The number of ether oxygens (including phenoxy) is 2. The minimum Gasteiger partial charge on any atom is -0.467 e. The summed E-state index contributed by atoms with van der Waals surface area (Å²) >= 11 is 0. The van der Waals surface area contributed by atoms with Crippen LogP contribution < -0.4 is 5.32 Å². The number of fused-ring (bicyclic) bond motifs is 2. The van der Waals surface area contributed by atoms with E-state index in [1.807, 2.05) is 78.9 Å². The molecule has 0 radical (unpaired) electrons. The standard InChI is InChI=1S/C31H30N2O5/c1-37-30(35)27(19-26-24-14-7-5-12-22(24)18-23-13-6-8-15-25(23)26)32-29(34)28-16-9-17-33(28)31(36)38-20-21-10-3-2-4-11-21/h2-8,10-15,18,27-28H,9,16-17,19-20H2,1H3,(H,32,34)/t27-,28+/m0/s1. The normalized spacial score (nSPS) is 15.8. The van der Waals surface area contributed by atoms with Crippen LogP contribution in [0.3, 0.4) is 0 Å². The van der Waals surface area contributed by atoms with Crippen molar-refractivity contribution in [3.05, 3.63) is 96.1 Å². The van der Waals surface area contributed by atoms with E-state index in [0.29, 0.717) is 19.4 Å². The Labute approximate surface area is 221 Å². The van der Waals surface area contributed by atoms with Crippen molar-refractivity contribution >= 4 is 39.5 Å². The molecule has 0 aromatic heterocycles. The largest absolute Gasteiger partial charge is 0.467 e. The van der Waals surface area contributed by atoms with Crippen LogP contribution in [0.5, 0.6) is 0 Å². The van der Waals surface area contributed by atoms with Gasteiger partial charge in [0, 0.05) is 13.0 Å². The number of nitrogens with one attached hydrogen (secondary N) is 1. The van der Waals surface area contributed by atoms with Crippen LogP contribution in [0.25, 0.3) is 21.5 Å². The van der Waals surface area contributed by atoms with Crippen molar-refractivity contribution in [1.82, 2.24) is 10.2 Å². The number of hydrogen-bond acceptors (Lipinski definition) is 5. The second-order valence-corrected chi connectivity index (χ2v) is 9.48. The number of rotatable bonds is 7. The predicted octanol–water partition coefficient (Wildman–Crippen LogP) is 4.99. The molecule has 2 amide bonds. The summed E-state index contributed by atoms with van der Waals surface area (Å²) in [5.74, 6) is -0.925. The molecule has 0 unspecified atom stereocenters. The average molecular weight is 511 g/mol. The lowest BCUT2D eigenvalue weighted by Gasteiger charge is -2.26. The Morgan fingerprint density at radius 3 is 2.21 bits per heavy atom. The Kier molecular flexibility index (Phi) is 7.54. The molecular formula is C31H30N2O5. The molecule has 4 aromatic carbocycles. The van der Waals surface area contributed by atoms with Gasteiger partial charge in [-0.25, -0.2) is 9.59 Å². The summed E-state index contributed by atoms with van der Waals surface area (Å²) in [6.45, 7) is 0.548. The number of methoxy groups -OCH3 is 1. The van der Waals surface area contributed by atoms with Crippen LogP contribution in [-0.4, -0.2) is 48.6 Å².